The molecule has 0 saturated heterocycles. The lowest BCUT2D eigenvalue weighted by molar-refractivity contribution is 0.761. The van der Waals surface area contributed by atoms with Crippen LogP contribution in [0.1, 0.15) is 17.1 Å². The third-order valence-corrected chi connectivity index (χ3v) is 3.51. The molecule has 0 saturated carbocycles. The minimum atomic E-state index is -0.186. The molecular formula is C17H17N5O. The fourth-order valence-electron chi connectivity index (χ4n) is 2.49. The maximum Gasteiger partial charge on any atom is 0.252 e. The second-order valence-electron chi connectivity index (χ2n) is 5.40. The molecule has 0 aliphatic carbocycles. The summed E-state index contributed by atoms with van der Waals surface area (Å²) in [6.45, 7) is 5.41. The first kappa shape index (κ1) is 14.9. The van der Waals surface area contributed by atoms with Gasteiger partial charge in [-0.25, -0.2) is 9.97 Å². The third-order valence-electron chi connectivity index (χ3n) is 3.51. The van der Waals surface area contributed by atoms with Gasteiger partial charge in [0.15, 0.2) is 0 Å². The number of hydrogen-bond donors (Lipinski definition) is 1. The number of aromatic nitrogens is 4. The number of hydrogen-bond acceptors (Lipinski definition) is 5. The van der Waals surface area contributed by atoms with Crippen molar-refractivity contribution in [3.8, 4) is 17.1 Å². The van der Waals surface area contributed by atoms with Crippen molar-refractivity contribution < 1.29 is 0 Å². The molecule has 1 aromatic carbocycles. The number of nitrogen functional groups attached to an aromatic ring is 1. The molecular weight excluding hydrogens is 290 g/mol. The molecule has 0 unspecified atom stereocenters. The standard InChI is InChI=1S/C17H17N5O/c1-10-9-11(2)20-17(19-10)22-16(18)14(15(23)12(3)21-22)13-7-5-4-6-8-13/h4-9H,18H2,1-3H3. The van der Waals surface area contributed by atoms with Crippen LogP contribution in [0.15, 0.2) is 41.2 Å². The van der Waals surface area contributed by atoms with E-state index in [2.05, 4.69) is 15.1 Å². The van der Waals surface area contributed by atoms with Crippen LogP contribution in [0.5, 0.6) is 0 Å². The Hall–Kier alpha value is -3.02. The van der Waals surface area contributed by atoms with Gasteiger partial charge in [0.25, 0.3) is 5.95 Å². The van der Waals surface area contributed by atoms with Gasteiger partial charge in [0.1, 0.15) is 11.5 Å². The van der Waals surface area contributed by atoms with Gasteiger partial charge in [-0.05, 0) is 32.4 Å². The molecule has 2 aromatic heterocycles. The van der Waals surface area contributed by atoms with Crippen LogP contribution >= 0.6 is 0 Å². The van der Waals surface area contributed by atoms with Gasteiger partial charge in [0, 0.05) is 11.4 Å². The molecule has 0 amide bonds. The van der Waals surface area contributed by atoms with Crippen molar-refractivity contribution in [1.82, 2.24) is 19.7 Å². The first-order valence-electron chi connectivity index (χ1n) is 7.25. The second kappa shape index (κ2) is 5.64. The average Bonchev–Trinajstić information content (AvgIpc) is 2.51. The maximum atomic E-state index is 12.5. The molecule has 3 aromatic rings. The minimum absolute atomic E-state index is 0.186. The van der Waals surface area contributed by atoms with Crippen LogP contribution in [0.25, 0.3) is 17.1 Å². The van der Waals surface area contributed by atoms with Crippen LogP contribution in [0.2, 0.25) is 0 Å². The summed E-state index contributed by atoms with van der Waals surface area (Å²) in [5.41, 5.74) is 9.19. The lowest BCUT2D eigenvalue weighted by atomic mass is 10.1. The summed E-state index contributed by atoms with van der Waals surface area (Å²) in [7, 11) is 0. The Bertz CT molecular complexity index is 911. The molecule has 0 fully saturated rings. The van der Waals surface area contributed by atoms with E-state index in [9.17, 15) is 4.79 Å². The normalized spacial score (nSPS) is 10.7. The maximum absolute atomic E-state index is 12.5. The molecule has 0 bridgehead atoms. The van der Waals surface area contributed by atoms with E-state index in [-0.39, 0.29) is 11.2 Å². The Morgan fingerprint density at radius 2 is 1.61 bits per heavy atom. The highest BCUT2D eigenvalue weighted by Gasteiger charge is 2.17. The molecule has 0 aliphatic rings. The fraction of sp³-hybridized carbons (Fsp3) is 0.176. The quantitative estimate of drug-likeness (QED) is 0.784. The molecule has 0 spiro atoms. The van der Waals surface area contributed by atoms with Crippen LogP contribution in [-0.4, -0.2) is 19.7 Å². The molecule has 0 aliphatic heterocycles. The van der Waals surface area contributed by atoms with Gasteiger partial charge in [-0.15, -0.1) is 0 Å². The summed E-state index contributed by atoms with van der Waals surface area (Å²) in [5.74, 6) is 0.595. The Morgan fingerprint density at radius 1 is 1.00 bits per heavy atom. The monoisotopic (exact) mass is 307 g/mol. The predicted molar refractivity (Wildman–Crippen MR) is 89.5 cm³/mol. The van der Waals surface area contributed by atoms with Crippen LogP contribution in [0.4, 0.5) is 5.82 Å². The van der Waals surface area contributed by atoms with Crippen molar-refractivity contribution in [2.45, 2.75) is 20.8 Å². The van der Waals surface area contributed by atoms with Crippen molar-refractivity contribution in [2.75, 3.05) is 5.73 Å². The largest absolute Gasteiger partial charge is 0.383 e. The van der Waals surface area contributed by atoms with Crippen molar-refractivity contribution >= 4 is 5.82 Å². The van der Waals surface area contributed by atoms with Crippen molar-refractivity contribution in [3.63, 3.8) is 0 Å². The van der Waals surface area contributed by atoms with E-state index in [1.165, 1.54) is 4.68 Å². The van der Waals surface area contributed by atoms with Crippen molar-refractivity contribution in [2.24, 2.45) is 0 Å². The van der Waals surface area contributed by atoms with Crippen LogP contribution in [-0.2, 0) is 0 Å². The van der Waals surface area contributed by atoms with E-state index in [0.29, 0.717) is 17.2 Å². The predicted octanol–water partition coefficient (Wildman–Crippen LogP) is 2.20. The molecule has 6 nitrogen and oxygen atoms in total. The Kier molecular flexibility index (Phi) is 3.65. The first-order valence-corrected chi connectivity index (χ1v) is 7.25. The Morgan fingerprint density at radius 3 is 2.22 bits per heavy atom. The van der Waals surface area contributed by atoms with Gasteiger partial charge in [0.2, 0.25) is 5.43 Å². The third kappa shape index (κ3) is 2.70. The summed E-state index contributed by atoms with van der Waals surface area (Å²) in [6, 6.07) is 11.2. The number of nitrogens with two attached hydrogens (primary N) is 1. The second-order valence-corrected chi connectivity index (χ2v) is 5.40. The van der Waals surface area contributed by atoms with Gasteiger partial charge in [-0.2, -0.15) is 9.78 Å². The number of nitrogens with zero attached hydrogens (tertiary/aromatic N) is 4. The molecule has 116 valence electrons. The first-order chi connectivity index (χ1) is 11.0. The summed E-state index contributed by atoms with van der Waals surface area (Å²) >= 11 is 0. The molecule has 23 heavy (non-hydrogen) atoms. The highest BCUT2D eigenvalue weighted by molar-refractivity contribution is 5.74. The summed E-state index contributed by atoms with van der Waals surface area (Å²) in [5, 5.41) is 4.27. The van der Waals surface area contributed by atoms with E-state index in [1.54, 1.807) is 6.92 Å². The van der Waals surface area contributed by atoms with Gasteiger partial charge in [0.05, 0.1) is 5.56 Å². The van der Waals surface area contributed by atoms with Gasteiger partial charge < -0.3 is 5.73 Å². The lowest BCUT2D eigenvalue weighted by Crippen LogP contribution is -2.22. The Labute approximate surface area is 133 Å². The lowest BCUT2D eigenvalue weighted by Gasteiger charge is -2.13. The van der Waals surface area contributed by atoms with Gasteiger partial charge in [-0.3, -0.25) is 4.79 Å². The number of benzene rings is 1. The van der Waals surface area contributed by atoms with Crippen LogP contribution in [0.3, 0.4) is 0 Å². The smallest absolute Gasteiger partial charge is 0.252 e. The molecule has 0 atom stereocenters. The fourth-order valence-corrected chi connectivity index (χ4v) is 2.49. The van der Waals surface area contributed by atoms with Gasteiger partial charge in [-0.1, -0.05) is 30.3 Å². The summed E-state index contributed by atoms with van der Waals surface area (Å²) < 4.78 is 1.43. The number of anilines is 1. The Balaban J connectivity index is 2.32. The topological polar surface area (TPSA) is 86.7 Å². The molecule has 6 heteroatoms. The SMILES string of the molecule is Cc1cc(C)nc(-n2nc(C)c(=O)c(-c3ccccc3)c2N)n1. The van der Waals surface area contributed by atoms with E-state index in [1.807, 2.05) is 50.2 Å². The molecule has 3 rings (SSSR count). The summed E-state index contributed by atoms with van der Waals surface area (Å²) in [4.78, 5) is 21.3. The zero-order chi connectivity index (χ0) is 16.6. The molecule has 0 radical (unpaired) electrons. The van der Waals surface area contributed by atoms with E-state index < -0.39 is 0 Å². The van der Waals surface area contributed by atoms with Crippen LogP contribution < -0.4 is 11.2 Å². The number of rotatable bonds is 2. The van der Waals surface area contributed by atoms with E-state index >= 15 is 0 Å². The number of aryl methyl sites for hydroxylation is 3. The van der Waals surface area contributed by atoms with Gasteiger partial charge >= 0.3 is 0 Å². The highest BCUT2D eigenvalue weighted by Crippen LogP contribution is 2.23. The van der Waals surface area contributed by atoms with Crippen LogP contribution in [0, 0.1) is 20.8 Å². The van der Waals surface area contributed by atoms with E-state index in [4.69, 9.17) is 5.73 Å². The average molecular weight is 307 g/mol. The van der Waals surface area contributed by atoms with E-state index in [0.717, 1.165) is 17.0 Å². The minimum Gasteiger partial charge on any atom is -0.383 e. The molecule has 2 heterocycles. The van der Waals surface area contributed by atoms with Crippen molar-refractivity contribution in [3.05, 3.63) is 63.7 Å². The highest BCUT2D eigenvalue weighted by atomic mass is 16.1. The zero-order valence-corrected chi connectivity index (χ0v) is 13.2. The summed E-state index contributed by atoms with van der Waals surface area (Å²) in [6.07, 6.45) is 0. The molecule has 2 N–H and O–H groups in total. The zero-order valence-electron chi connectivity index (χ0n) is 13.2. The van der Waals surface area contributed by atoms with Crippen molar-refractivity contribution in [1.29, 1.82) is 0 Å².